The van der Waals surface area contributed by atoms with Crippen molar-refractivity contribution < 1.29 is 0 Å². The minimum absolute atomic E-state index is 1.06. The van der Waals surface area contributed by atoms with Crippen LogP contribution in [-0.2, 0) is 0 Å². The van der Waals surface area contributed by atoms with E-state index in [9.17, 15) is 0 Å². The molecule has 2 rings (SSSR count). The third-order valence-electron chi connectivity index (χ3n) is 1.74. The van der Waals surface area contributed by atoms with Crippen LogP contribution < -0.4 is 0 Å². The van der Waals surface area contributed by atoms with Crippen LogP contribution in [0.2, 0.25) is 0 Å². The number of nitrogens with zero attached hydrogens (tertiary/aromatic N) is 2. The predicted octanol–water partition coefficient (Wildman–Crippen LogP) is 3.01. The molecule has 0 N–H and O–H groups in total. The summed E-state index contributed by atoms with van der Waals surface area (Å²) in [6.45, 7) is 6.00. The molecule has 2 nitrogen and oxygen atoms in total. The first kappa shape index (κ1) is 10.2. The highest BCUT2D eigenvalue weighted by Gasteiger charge is 1.96. The Balaban J connectivity index is 0.000000396. The van der Waals surface area contributed by atoms with Crippen molar-refractivity contribution in [1.29, 1.82) is 0 Å². The molecule has 0 aliphatic heterocycles. The summed E-state index contributed by atoms with van der Waals surface area (Å²) >= 11 is 0. The lowest BCUT2D eigenvalue weighted by atomic mass is 10.3. The van der Waals surface area contributed by atoms with Crippen LogP contribution in [-0.4, -0.2) is 9.32 Å². The third-order valence-corrected chi connectivity index (χ3v) is 2.19. The van der Waals surface area contributed by atoms with Gasteiger partial charge in [-0.2, -0.15) is 0 Å². The van der Waals surface area contributed by atoms with Gasteiger partial charge in [-0.15, -0.1) is 0 Å². The molecule has 0 fully saturated rings. The van der Waals surface area contributed by atoms with Crippen LogP contribution >= 0.6 is 9.39 Å². The van der Waals surface area contributed by atoms with Gasteiger partial charge in [0.25, 0.3) is 0 Å². The van der Waals surface area contributed by atoms with Gasteiger partial charge >= 0.3 is 0 Å². The molecule has 1 unspecified atom stereocenters. The van der Waals surface area contributed by atoms with Gasteiger partial charge < -0.3 is 4.34 Å². The standard InChI is InChI=1S/C8H9N2P.C2H6/c1-6-4-8-7(5-9-6)2-3-10(8)11;1-2/h2-5H,11H2,1H3;1-2H3. The van der Waals surface area contributed by atoms with Gasteiger partial charge in [0.15, 0.2) is 0 Å². The molecule has 2 aromatic rings. The van der Waals surface area contributed by atoms with Gasteiger partial charge in [-0.3, -0.25) is 4.98 Å². The van der Waals surface area contributed by atoms with Gasteiger partial charge in [-0.25, -0.2) is 0 Å². The van der Waals surface area contributed by atoms with Crippen molar-refractivity contribution in [2.24, 2.45) is 0 Å². The number of fused-ring (bicyclic) bond motifs is 1. The Morgan fingerprint density at radius 2 is 2.08 bits per heavy atom. The monoisotopic (exact) mass is 194 g/mol. The highest BCUT2D eigenvalue weighted by Crippen LogP contribution is 2.16. The van der Waals surface area contributed by atoms with E-state index in [-0.39, 0.29) is 0 Å². The summed E-state index contributed by atoms with van der Waals surface area (Å²) in [5.41, 5.74) is 2.27. The van der Waals surface area contributed by atoms with Gasteiger partial charge in [0, 0.05) is 23.5 Å². The van der Waals surface area contributed by atoms with Gasteiger partial charge in [-0.05, 0) is 28.4 Å². The fraction of sp³-hybridized carbons (Fsp3) is 0.300. The first-order valence-electron chi connectivity index (χ1n) is 4.46. The fourth-order valence-corrected chi connectivity index (χ4v) is 1.46. The molecule has 0 saturated carbocycles. The van der Waals surface area contributed by atoms with Crippen LogP contribution in [0.25, 0.3) is 10.9 Å². The van der Waals surface area contributed by atoms with Gasteiger partial charge in [0.2, 0.25) is 0 Å². The second-order valence-electron chi connectivity index (χ2n) is 2.61. The van der Waals surface area contributed by atoms with E-state index in [1.54, 1.807) is 0 Å². The summed E-state index contributed by atoms with van der Waals surface area (Å²) in [6.07, 6.45) is 3.90. The Kier molecular flexibility index (Phi) is 3.44. The molecule has 1 atom stereocenters. The number of hydrogen-bond acceptors (Lipinski definition) is 1. The summed E-state index contributed by atoms with van der Waals surface area (Å²) in [4.78, 5) is 4.20. The summed E-state index contributed by atoms with van der Waals surface area (Å²) in [7, 11) is 2.64. The van der Waals surface area contributed by atoms with Crippen LogP contribution in [0.5, 0.6) is 0 Å². The van der Waals surface area contributed by atoms with Crippen molar-refractivity contribution in [1.82, 2.24) is 9.32 Å². The van der Waals surface area contributed by atoms with Gasteiger partial charge in [-0.1, -0.05) is 13.8 Å². The summed E-state index contributed by atoms with van der Waals surface area (Å²) in [5.74, 6) is 0. The van der Waals surface area contributed by atoms with Crippen LogP contribution in [0.1, 0.15) is 19.5 Å². The number of rotatable bonds is 0. The van der Waals surface area contributed by atoms with E-state index in [0.717, 1.165) is 5.69 Å². The number of aromatic nitrogens is 2. The molecule has 0 spiro atoms. The molecule has 2 heterocycles. The van der Waals surface area contributed by atoms with Crippen LogP contribution in [0.3, 0.4) is 0 Å². The first-order chi connectivity index (χ1) is 6.27. The quantitative estimate of drug-likeness (QED) is 0.589. The lowest BCUT2D eigenvalue weighted by Crippen LogP contribution is -1.80. The normalized spacial score (nSPS) is 9.54. The molecule has 13 heavy (non-hydrogen) atoms. The maximum absolute atomic E-state index is 4.20. The average Bonchev–Trinajstić information content (AvgIpc) is 2.52. The fourth-order valence-electron chi connectivity index (χ4n) is 1.15. The van der Waals surface area contributed by atoms with Crippen molar-refractivity contribution in [2.75, 3.05) is 0 Å². The number of aryl methyl sites for hydroxylation is 1. The lowest BCUT2D eigenvalue weighted by molar-refractivity contribution is 1.21. The SMILES string of the molecule is CC.Cc1cc2c(ccn2P)cn1. The average molecular weight is 194 g/mol. The molecule has 0 radical (unpaired) electrons. The van der Waals surface area contributed by atoms with Gasteiger partial charge in [0.05, 0.1) is 5.52 Å². The summed E-state index contributed by atoms with van der Waals surface area (Å²) in [5, 5.41) is 1.19. The minimum atomic E-state index is 1.06. The number of hydrogen-bond donors (Lipinski definition) is 0. The van der Waals surface area contributed by atoms with Crippen LogP contribution in [0.4, 0.5) is 0 Å². The Morgan fingerprint density at radius 3 is 2.77 bits per heavy atom. The van der Waals surface area contributed by atoms with E-state index < -0.39 is 0 Å². The molecule has 3 heteroatoms. The molecule has 0 amide bonds. The Hall–Kier alpha value is -0.880. The van der Waals surface area contributed by atoms with E-state index in [1.165, 1.54) is 10.9 Å². The predicted molar refractivity (Wildman–Crippen MR) is 60.9 cm³/mol. The number of pyridine rings is 1. The Bertz CT molecular complexity index is 393. The highest BCUT2D eigenvalue weighted by molar-refractivity contribution is 7.14. The van der Waals surface area contributed by atoms with Crippen molar-refractivity contribution in [3.8, 4) is 0 Å². The van der Waals surface area contributed by atoms with Crippen LogP contribution in [0.15, 0.2) is 24.5 Å². The van der Waals surface area contributed by atoms with Crippen molar-refractivity contribution in [3.63, 3.8) is 0 Å². The van der Waals surface area contributed by atoms with Crippen molar-refractivity contribution >= 4 is 20.3 Å². The smallest absolute Gasteiger partial charge is 0.0542 e. The second-order valence-corrected chi connectivity index (χ2v) is 3.16. The molecule has 0 saturated heterocycles. The molecule has 0 aromatic carbocycles. The van der Waals surface area contributed by atoms with Gasteiger partial charge in [0.1, 0.15) is 0 Å². The zero-order valence-electron chi connectivity index (χ0n) is 8.28. The zero-order valence-corrected chi connectivity index (χ0v) is 9.44. The maximum atomic E-state index is 4.20. The molecular weight excluding hydrogens is 179 g/mol. The van der Waals surface area contributed by atoms with E-state index in [4.69, 9.17) is 0 Å². The molecule has 2 aromatic heterocycles. The van der Waals surface area contributed by atoms with Crippen molar-refractivity contribution in [2.45, 2.75) is 20.8 Å². The molecular formula is C10H15N2P. The molecule has 70 valence electrons. The molecule has 0 aliphatic rings. The molecule has 0 aliphatic carbocycles. The zero-order chi connectivity index (χ0) is 9.84. The lowest BCUT2D eigenvalue weighted by Gasteiger charge is -1.95. The summed E-state index contributed by atoms with van der Waals surface area (Å²) in [6, 6.07) is 4.12. The van der Waals surface area contributed by atoms with E-state index >= 15 is 0 Å². The van der Waals surface area contributed by atoms with E-state index in [2.05, 4.69) is 26.5 Å². The van der Waals surface area contributed by atoms with E-state index in [1.807, 2.05) is 37.5 Å². The van der Waals surface area contributed by atoms with Crippen molar-refractivity contribution in [3.05, 3.63) is 30.2 Å². The Labute approximate surface area is 81.2 Å². The first-order valence-corrected chi connectivity index (χ1v) is 4.98. The third kappa shape index (κ3) is 2.07. The van der Waals surface area contributed by atoms with Crippen LogP contribution in [0, 0.1) is 6.92 Å². The van der Waals surface area contributed by atoms with E-state index in [0.29, 0.717) is 0 Å². The second kappa shape index (κ2) is 4.38. The molecule has 0 bridgehead atoms. The largest absolute Gasteiger partial charge is 0.332 e. The summed E-state index contributed by atoms with van der Waals surface area (Å²) < 4.78 is 2.02. The Morgan fingerprint density at radius 1 is 1.38 bits per heavy atom. The maximum Gasteiger partial charge on any atom is 0.0542 e. The topological polar surface area (TPSA) is 17.8 Å². The minimum Gasteiger partial charge on any atom is -0.332 e. The highest BCUT2D eigenvalue weighted by atomic mass is 31.0.